The molecular weight excluding hydrogens is 150 g/mol. The number of allylic oxidation sites excluding steroid dienone is 2. The highest BCUT2D eigenvalue weighted by atomic mass is 16.5. The van der Waals surface area contributed by atoms with Crippen LogP contribution in [0.1, 0.15) is 26.2 Å². The summed E-state index contributed by atoms with van der Waals surface area (Å²) in [6, 6.07) is 0. The second kappa shape index (κ2) is 4.63. The Bertz CT molecular complexity index is 148. The van der Waals surface area contributed by atoms with E-state index < -0.39 is 0 Å². The van der Waals surface area contributed by atoms with Gasteiger partial charge in [-0.15, -0.1) is 0 Å². The molecule has 1 rings (SSSR count). The summed E-state index contributed by atoms with van der Waals surface area (Å²) in [5.41, 5.74) is 6.13. The minimum Gasteiger partial charge on any atom is -0.381 e. The van der Waals surface area contributed by atoms with Crippen LogP contribution in [0.3, 0.4) is 0 Å². The summed E-state index contributed by atoms with van der Waals surface area (Å²) in [7, 11) is 0. The quantitative estimate of drug-likeness (QED) is 0.653. The van der Waals surface area contributed by atoms with Crippen molar-refractivity contribution in [3.8, 4) is 0 Å². The van der Waals surface area contributed by atoms with Crippen molar-refractivity contribution in [3.05, 3.63) is 12.2 Å². The van der Waals surface area contributed by atoms with Gasteiger partial charge >= 0.3 is 0 Å². The van der Waals surface area contributed by atoms with Gasteiger partial charge in [-0.2, -0.15) is 0 Å². The molecule has 1 aliphatic heterocycles. The second-order valence-electron chi connectivity index (χ2n) is 3.59. The van der Waals surface area contributed by atoms with Gasteiger partial charge in [0.25, 0.3) is 0 Å². The van der Waals surface area contributed by atoms with E-state index in [0.29, 0.717) is 5.41 Å². The van der Waals surface area contributed by atoms with Gasteiger partial charge in [-0.3, -0.25) is 0 Å². The van der Waals surface area contributed by atoms with Crippen LogP contribution in [-0.4, -0.2) is 19.8 Å². The van der Waals surface area contributed by atoms with Crippen LogP contribution in [0, 0.1) is 5.41 Å². The summed E-state index contributed by atoms with van der Waals surface area (Å²) in [6.07, 6.45) is 7.68. The third-order valence-electron chi connectivity index (χ3n) is 2.77. The van der Waals surface area contributed by atoms with Gasteiger partial charge in [-0.1, -0.05) is 12.2 Å². The van der Waals surface area contributed by atoms with E-state index in [-0.39, 0.29) is 0 Å². The molecule has 0 radical (unpaired) electrons. The van der Waals surface area contributed by atoms with Gasteiger partial charge in [-0.25, -0.2) is 0 Å². The Morgan fingerprint density at radius 2 is 2.08 bits per heavy atom. The monoisotopic (exact) mass is 169 g/mol. The highest BCUT2D eigenvalue weighted by Crippen LogP contribution is 2.33. The smallest absolute Gasteiger partial charge is 0.0471 e. The van der Waals surface area contributed by atoms with Crippen molar-refractivity contribution >= 4 is 0 Å². The molecule has 2 heteroatoms. The van der Waals surface area contributed by atoms with Gasteiger partial charge in [0, 0.05) is 13.2 Å². The Morgan fingerprint density at radius 3 is 2.58 bits per heavy atom. The molecule has 0 spiro atoms. The van der Waals surface area contributed by atoms with E-state index in [9.17, 15) is 0 Å². The van der Waals surface area contributed by atoms with E-state index >= 15 is 0 Å². The predicted octanol–water partition coefficient (Wildman–Crippen LogP) is 1.71. The number of hydrogen-bond acceptors (Lipinski definition) is 2. The largest absolute Gasteiger partial charge is 0.381 e. The average Bonchev–Trinajstić information content (AvgIpc) is 2.16. The van der Waals surface area contributed by atoms with Gasteiger partial charge in [0.15, 0.2) is 0 Å². The van der Waals surface area contributed by atoms with Crippen LogP contribution in [0.25, 0.3) is 0 Å². The van der Waals surface area contributed by atoms with E-state index in [2.05, 4.69) is 19.1 Å². The highest BCUT2D eigenvalue weighted by Gasteiger charge is 2.29. The third-order valence-corrected chi connectivity index (χ3v) is 2.77. The molecule has 1 saturated heterocycles. The summed E-state index contributed by atoms with van der Waals surface area (Å²) in [5, 5.41) is 0. The zero-order valence-corrected chi connectivity index (χ0v) is 7.88. The first-order valence-corrected chi connectivity index (χ1v) is 4.72. The molecule has 0 aromatic heterocycles. The zero-order valence-electron chi connectivity index (χ0n) is 7.88. The maximum Gasteiger partial charge on any atom is 0.0471 e. The molecule has 0 amide bonds. The maximum atomic E-state index is 5.79. The molecule has 70 valence electrons. The van der Waals surface area contributed by atoms with Crippen molar-refractivity contribution in [2.75, 3.05) is 19.8 Å². The molecule has 0 aliphatic carbocycles. The minimum atomic E-state index is 0.338. The molecule has 12 heavy (non-hydrogen) atoms. The van der Waals surface area contributed by atoms with Crippen LogP contribution in [0.15, 0.2) is 12.2 Å². The van der Waals surface area contributed by atoms with Crippen molar-refractivity contribution in [3.63, 3.8) is 0 Å². The third kappa shape index (κ3) is 2.32. The molecule has 0 aromatic rings. The Balaban J connectivity index is 2.47. The van der Waals surface area contributed by atoms with E-state index in [1.165, 1.54) is 0 Å². The molecule has 0 bridgehead atoms. The molecule has 2 N–H and O–H groups in total. The summed E-state index contributed by atoms with van der Waals surface area (Å²) in [5.74, 6) is 0. The van der Waals surface area contributed by atoms with E-state index in [1.807, 2.05) is 0 Å². The van der Waals surface area contributed by atoms with Crippen molar-refractivity contribution in [1.82, 2.24) is 0 Å². The molecule has 1 heterocycles. The molecule has 0 saturated carbocycles. The van der Waals surface area contributed by atoms with Crippen molar-refractivity contribution < 1.29 is 4.74 Å². The molecule has 1 fully saturated rings. The summed E-state index contributed by atoms with van der Waals surface area (Å²) in [6.45, 7) is 4.62. The standard InChI is InChI=1S/C10H19NO/c1-2-3-4-10(9-11)5-7-12-8-6-10/h2-3H,4-9,11H2,1H3/b3-2+. The fraction of sp³-hybridized carbons (Fsp3) is 0.800. The van der Waals surface area contributed by atoms with Gasteiger partial charge in [0.2, 0.25) is 0 Å². The van der Waals surface area contributed by atoms with Crippen molar-refractivity contribution in [1.29, 1.82) is 0 Å². The van der Waals surface area contributed by atoms with E-state index in [0.717, 1.165) is 39.0 Å². The molecule has 1 aliphatic rings. The fourth-order valence-corrected chi connectivity index (χ4v) is 1.66. The Morgan fingerprint density at radius 1 is 1.42 bits per heavy atom. The van der Waals surface area contributed by atoms with Crippen LogP contribution >= 0.6 is 0 Å². The lowest BCUT2D eigenvalue weighted by Crippen LogP contribution is -2.36. The number of hydrogen-bond donors (Lipinski definition) is 1. The number of ether oxygens (including phenoxy) is 1. The Kier molecular flexibility index (Phi) is 3.76. The second-order valence-corrected chi connectivity index (χ2v) is 3.59. The molecular formula is C10H19NO. The lowest BCUT2D eigenvalue weighted by molar-refractivity contribution is 0.0204. The lowest BCUT2D eigenvalue weighted by atomic mass is 9.77. The summed E-state index contributed by atoms with van der Waals surface area (Å²) in [4.78, 5) is 0. The molecule has 0 atom stereocenters. The highest BCUT2D eigenvalue weighted by molar-refractivity contribution is 4.91. The van der Waals surface area contributed by atoms with Gasteiger partial charge < -0.3 is 10.5 Å². The van der Waals surface area contributed by atoms with E-state index in [4.69, 9.17) is 10.5 Å². The van der Waals surface area contributed by atoms with Gasteiger partial charge in [0.05, 0.1) is 0 Å². The summed E-state index contributed by atoms with van der Waals surface area (Å²) < 4.78 is 5.33. The normalized spacial score (nSPS) is 23.2. The Labute approximate surface area is 74.8 Å². The minimum absolute atomic E-state index is 0.338. The van der Waals surface area contributed by atoms with Gasteiger partial charge in [0.1, 0.15) is 0 Å². The first kappa shape index (κ1) is 9.75. The SMILES string of the molecule is C/C=C/CC1(CN)CCOCC1. The predicted molar refractivity (Wildman–Crippen MR) is 51.0 cm³/mol. The zero-order chi connectivity index (χ0) is 8.86. The average molecular weight is 169 g/mol. The maximum absolute atomic E-state index is 5.79. The fourth-order valence-electron chi connectivity index (χ4n) is 1.66. The molecule has 0 unspecified atom stereocenters. The van der Waals surface area contributed by atoms with Crippen LogP contribution in [0.5, 0.6) is 0 Å². The van der Waals surface area contributed by atoms with Crippen molar-refractivity contribution in [2.45, 2.75) is 26.2 Å². The van der Waals surface area contributed by atoms with Crippen molar-refractivity contribution in [2.24, 2.45) is 11.1 Å². The molecule has 0 aromatic carbocycles. The van der Waals surface area contributed by atoms with Gasteiger partial charge in [-0.05, 0) is 38.1 Å². The topological polar surface area (TPSA) is 35.2 Å². The van der Waals surface area contributed by atoms with E-state index in [1.54, 1.807) is 0 Å². The Hall–Kier alpha value is -0.340. The van der Waals surface area contributed by atoms with Crippen LogP contribution in [0.2, 0.25) is 0 Å². The summed E-state index contributed by atoms with van der Waals surface area (Å²) >= 11 is 0. The first-order chi connectivity index (χ1) is 5.83. The van der Waals surface area contributed by atoms with Crippen LogP contribution < -0.4 is 5.73 Å². The number of rotatable bonds is 3. The lowest BCUT2D eigenvalue weighted by Gasteiger charge is -2.35. The van der Waals surface area contributed by atoms with Crippen LogP contribution in [-0.2, 0) is 4.74 Å². The first-order valence-electron chi connectivity index (χ1n) is 4.72. The molecule has 2 nitrogen and oxygen atoms in total. The van der Waals surface area contributed by atoms with Crippen LogP contribution in [0.4, 0.5) is 0 Å². The number of nitrogens with two attached hydrogens (primary N) is 1.